The SMILES string of the molecule is C=C/C(=C\C(=C/CC)NC)CCC=O. The smallest absolute Gasteiger partial charge is 0.120 e. The topological polar surface area (TPSA) is 29.1 Å². The highest BCUT2D eigenvalue weighted by atomic mass is 16.1. The molecule has 0 unspecified atom stereocenters. The van der Waals surface area contributed by atoms with Crippen molar-refractivity contribution in [1.82, 2.24) is 5.32 Å². The Bertz CT molecular complexity index is 239. The molecule has 0 aliphatic heterocycles. The summed E-state index contributed by atoms with van der Waals surface area (Å²) in [5, 5.41) is 3.09. The minimum atomic E-state index is 0.557. The zero-order valence-electron chi connectivity index (χ0n) is 9.05. The second kappa shape index (κ2) is 8.30. The lowest BCUT2D eigenvalue weighted by atomic mass is 10.1. The predicted molar refractivity (Wildman–Crippen MR) is 61.0 cm³/mol. The molecule has 0 radical (unpaired) electrons. The molecule has 0 amide bonds. The Balaban J connectivity index is 4.45. The van der Waals surface area contributed by atoms with E-state index in [4.69, 9.17) is 0 Å². The van der Waals surface area contributed by atoms with E-state index < -0.39 is 0 Å². The third-order valence-electron chi connectivity index (χ3n) is 1.87. The summed E-state index contributed by atoms with van der Waals surface area (Å²) in [6.07, 6.45) is 9.16. The van der Waals surface area contributed by atoms with Crippen LogP contribution in [0.5, 0.6) is 0 Å². The Labute approximate surface area is 86.4 Å². The van der Waals surface area contributed by atoms with Crippen molar-refractivity contribution in [3.63, 3.8) is 0 Å². The van der Waals surface area contributed by atoms with Gasteiger partial charge in [0.15, 0.2) is 0 Å². The molecule has 78 valence electrons. The molecule has 14 heavy (non-hydrogen) atoms. The van der Waals surface area contributed by atoms with Gasteiger partial charge in [0.05, 0.1) is 0 Å². The van der Waals surface area contributed by atoms with Crippen molar-refractivity contribution in [3.05, 3.63) is 36.1 Å². The number of nitrogens with one attached hydrogen (secondary N) is 1. The first-order valence-electron chi connectivity index (χ1n) is 4.93. The summed E-state index contributed by atoms with van der Waals surface area (Å²) in [5.41, 5.74) is 2.17. The molecule has 0 aliphatic rings. The average Bonchev–Trinajstić information content (AvgIpc) is 2.22. The van der Waals surface area contributed by atoms with Gasteiger partial charge in [0.1, 0.15) is 6.29 Å². The molecule has 0 bridgehead atoms. The minimum Gasteiger partial charge on any atom is -0.388 e. The van der Waals surface area contributed by atoms with Crippen molar-refractivity contribution in [2.45, 2.75) is 26.2 Å². The van der Waals surface area contributed by atoms with Crippen LogP contribution in [-0.4, -0.2) is 13.3 Å². The van der Waals surface area contributed by atoms with E-state index in [0.29, 0.717) is 6.42 Å². The molecule has 2 heteroatoms. The molecule has 0 aliphatic carbocycles. The van der Waals surface area contributed by atoms with E-state index in [9.17, 15) is 4.79 Å². The van der Waals surface area contributed by atoms with Gasteiger partial charge >= 0.3 is 0 Å². The zero-order chi connectivity index (χ0) is 10.8. The summed E-state index contributed by atoms with van der Waals surface area (Å²) in [6.45, 7) is 5.81. The van der Waals surface area contributed by atoms with E-state index in [2.05, 4.69) is 24.9 Å². The van der Waals surface area contributed by atoms with Crippen LogP contribution in [0.1, 0.15) is 26.2 Å². The average molecular weight is 193 g/mol. The first kappa shape index (κ1) is 12.7. The molecule has 0 spiro atoms. The molecule has 0 aromatic heterocycles. The summed E-state index contributed by atoms with van der Waals surface area (Å²) in [6, 6.07) is 0. The molecular formula is C12H19NO. The third kappa shape index (κ3) is 5.36. The number of carbonyl (C=O) groups is 1. The molecular weight excluding hydrogens is 174 g/mol. The fourth-order valence-electron chi connectivity index (χ4n) is 1.11. The number of carbonyl (C=O) groups excluding carboxylic acids is 1. The largest absolute Gasteiger partial charge is 0.388 e. The van der Waals surface area contributed by atoms with E-state index in [1.54, 1.807) is 6.08 Å². The highest BCUT2D eigenvalue weighted by Gasteiger charge is 1.93. The van der Waals surface area contributed by atoms with Gasteiger partial charge in [-0.1, -0.05) is 25.7 Å². The summed E-state index contributed by atoms with van der Waals surface area (Å²) in [7, 11) is 1.89. The lowest BCUT2D eigenvalue weighted by Gasteiger charge is -2.03. The quantitative estimate of drug-likeness (QED) is 0.497. The van der Waals surface area contributed by atoms with Crippen LogP contribution in [0.3, 0.4) is 0 Å². The Kier molecular flexibility index (Phi) is 7.52. The second-order valence-electron chi connectivity index (χ2n) is 2.95. The maximum atomic E-state index is 10.2. The van der Waals surface area contributed by atoms with Gasteiger partial charge in [-0.25, -0.2) is 0 Å². The standard InChI is InChI=1S/C12H19NO/c1-4-7-12(13-3)10-11(5-2)8-6-9-14/h5,7,9-10,13H,2,4,6,8H2,1,3H3/b11-10+,12-7+. The van der Waals surface area contributed by atoms with Crippen molar-refractivity contribution in [1.29, 1.82) is 0 Å². The second-order valence-corrected chi connectivity index (χ2v) is 2.95. The van der Waals surface area contributed by atoms with Gasteiger partial charge in [0.25, 0.3) is 0 Å². The Morgan fingerprint density at radius 3 is 2.64 bits per heavy atom. The van der Waals surface area contributed by atoms with Crippen LogP contribution >= 0.6 is 0 Å². The molecule has 0 rings (SSSR count). The highest BCUT2D eigenvalue weighted by Crippen LogP contribution is 2.08. The van der Waals surface area contributed by atoms with Gasteiger partial charge < -0.3 is 10.1 Å². The Morgan fingerprint density at radius 2 is 2.21 bits per heavy atom. The molecule has 0 fully saturated rings. The minimum absolute atomic E-state index is 0.557. The summed E-state index contributed by atoms with van der Waals surface area (Å²) in [5.74, 6) is 0. The van der Waals surface area contributed by atoms with Gasteiger partial charge in [-0.05, 0) is 24.5 Å². The maximum absolute atomic E-state index is 10.2. The number of hydrogen-bond acceptors (Lipinski definition) is 2. The molecule has 2 nitrogen and oxygen atoms in total. The van der Waals surface area contributed by atoms with Crippen molar-refractivity contribution < 1.29 is 4.79 Å². The monoisotopic (exact) mass is 193 g/mol. The number of allylic oxidation sites excluding steroid dienone is 4. The van der Waals surface area contributed by atoms with E-state index in [1.807, 2.05) is 13.1 Å². The fourth-order valence-corrected chi connectivity index (χ4v) is 1.11. The van der Waals surface area contributed by atoms with Crippen LogP contribution in [-0.2, 0) is 4.79 Å². The van der Waals surface area contributed by atoms with Gasteiger partial charge in [0, 0.05) is 19.2 Å². The van der Waals surface area contributed by atoms with Gasteiger partial charge in [-0.15, -0.1) is 0 Å². The molecule has 0 saturated carbocycles. The van der Waals surface area contributed by atoms with Crippen molar-refractivity contribution >= 4 is 6.29 Å². The van der Waals surface area contributed by atoms with Crippen molar-refractivity contribution in [2.24, 2.45) is 0 Å². The molecule has 0 saturated heterocycles. The van der Waals surface area contributed by atoms with Crippen LogP contribution < -0.4 is 5.32 Å². The van der Waals surface area contributed by atoms with Crippen LogP contribution in [0.2, 0.25) is 0 Å². The first-order chi connectivity index (χ1) is 6.78. The van der Waals surface area contributed by atoms with Crippen LogP contribution in [0.15, 0.2) is 36.1 Å². The predicted octanol–water partition coefficient (Wildman–Crippen LogP) is 2.59. The van der Waals surface area contributed by atoms with E-state index >= 15 is 0 Å². The van der Waals surface area contributed by atoms with Gasteiger partial charge in [0.2, 0.25) is 0 Å². The Morgan fingerprint density at radius 1 is 1.50 bits per heavy atom. The maximum Gasteiger partial charge on any atom is 0.120 e. The molecule has 0 atom stereocenters. The number of rotatable bonds is 7. The van der Waals surface area contributed by atoms with Crippen LogP contribution in [0.25, 0.3) is 0 Å². The number of likely N-dealkylation sites (N-methyl/N-ethyl adjacent to an activating group) is 1. The van der Waals surface area contributed by atoms with Crippen LogP contribution in [0, 0.1) is 0 Å². The van der Waals surface area contributed by atoms with Gasteiger partial charge in [-0.3, -0.25) is 0 Å². The highest BCUT2D eigenvalue weighted by molar-refractivity contribution is 5.50. The molecule has 0 aromatic carbocycles. The summed E-state index contributed by atoms with van der Waals surface area (Å²) in [4.78, 5) is 10.2. The lowest BCUT2D eigenvalue weighted by Crippen LogP contribution is -2.03. The fraction of sp³-hybridized carbons (Fsp3) is 0.417. The Hall–Kier alpha value is -1.31. The van der Waals surface area contributed by atoms with Gasteiger partial charge in [-0.2, -0.15) is 0 Å². The third-order valence-corrected chi connectivity index (χ3v) is 1.87. The molecule has 0 aromatic rings. The first-order valence-corrected chi connectivity index (χ1v) is 4.93. The lowest BCUT2D eigenvalue weighted by molar-refractivity contribution is -0.107. The number of hydrogen-bond donors (Lipinski definition) is 1. The number of aldehydes is 1. The molecule has 1 N–H and O–H groups in total. The van der Waals surface area contributed by atoms with Crippen LogP contribution in [0.4, 0.5) is 0 Å². The van der Waals surface area contributed by atoms with E-state index in [0.717, 1.165) is 30.4 Å². The normalized spacial score (nSPS) is 12.4. The molecule has 0 heterocycles. The van der Waals surface area contributed by atoms with Crippen molar-refractivity contribution in [2.75, 3.05) is 7.05 Å². The summed E-state index contributed by atoms with van der Waals surface area (Å²) >= 11 is 0. The summed E-state index contributed by atoms with van der Waals surface area (Å²) < 4.78 is 0. The van der Waals surface area contributed by atoms with Crippen molar-refractivity contribution in [3.8, 4) is 0 Å². The van der Waals surface area contributed by atoms with E-state index in [-0.39, 0.29) is 0 Å². The zero-order valence-corrected chi connectivity index (χ0v) is 9.05. The van der Waals surface area contributed by atoms with E-state index in [1.165, 1.54) is 0 Å².